The second-order valence-electron chi connectivity index (χ2n) is 5.78. The fraction of sp³-hybridized carbons (Fsp3) is 0.158. The van der Waals surface area contributed by atoms with Crippen molar-refractivity contribution >= 4 is 16.0 Å². The van der Waals surface area contributed by atoms with Gasteiger partial charge < -0.3 is 4.74 Å². The van der Waals surface area contributed by atoms with Crippen LogP contribution in [-0.2, 0) is 21.2 Å². The molecule has 3 aromatic rings. The van der Waals surface area contributed by atoms with Gasteiger partial charge in [0.15, 0.2) is 0 Å². The molecule has 0 aliphatic heterocycles. The number of esters is 1. The minimum Gasteiger partial charge on any atom is -0.465 e. The fourth-order valence-electron chi connectivity index (χ4n) is 2.56. The van der Waals surface area contributed by atoms with E-state index in [1.807, 2.05) is 36.5 Å². The van der Waals surface area contributed by atoms with Crippen LogP contribution in [0.15, 0.2) is 71.9 Å². The van der Waals surface area contributed by atoms with Crippen molar-refractivity contribution in [1.29, 1.82) is 0 Å². The number of carbonyl (C=O) groups excluding carboxylic acids is 1. The molecule has 27 heavy (non-hydrogen) atoms. The Morgan fingerprint density at radius 1 is 1.15 bits per heavy atom. The molecule has 1 N–H and O–H groups in total. The minimum absolute atomic E-state index is 0.0273. The first kappa shape index (κ1) is 18.8. The highest BCUT2D eigenvalue weighted by Gasteiger charge is 2.16. The maximum absolute atomic E-state index is 12.4. The average molecular weight is 385 g/mol. The van der Waals surface area contributed by atoms with Gasteiger partial charge in [0, 0.05) is 18.9 Å². The van der Waals surface area contributed by atoms with E-state index in [9.17, 15) is 13.2 Å². The molecule has 0 aliphatic rings. The van der Waals surface area contributed by atoms with E-state index in [2.05, 4.69) is 14.6 Å². The van der Waals surface area contributed by atoms with Crippen molar-refractivity contribution in [2.24, 2.45) is 0 Å². The zero-order valence-electron chi connectivity index (χ0n) is 14.7. The van der Waals surface area contributed by atoms with Crippen molar-refractivity contribution in [3.8, 4) is 5.69 Å². The molecule has 0 amide bonds. The molecule has 0 saturated carbocycles. The Bertz CT molecular complexity index is 1010. The maximum Gasteiger partial charge on any atom is 0.337 e. The summed E-state index contributed by atoms with van der Waals surface area (Å²) < 4.78 is 33.8. The lowest BCUT2D eigenvalue weighted by atomic mass is 10.1. The Kier molecular flexibility index (Phi) is 5.68. The molecule has 0 radical (unpaired) electrons. The van der Waals surface area contributed by atoms with Crippen molar-refractivity contribution < 1.29 is 17.9 Å². The van der Waals surface area contributed by atoms with Crippen molar-refractivity contribution in [3.63, 3.8) is 0 Å². The van der Waals surface area contributed by atoms with Gasteiger partial charge in [0.2, 0.25) is 10.0 Å². The van der Waals surface area contributed by atoms with Gasteiger partial charge in [0.1, 0.15) is 0 Å². The number of sulfonamides is 1. The van der Waals surface area contributed by atoms with Gasteiger partial charge in [-0.3, -0.25) is 0 Å². The molecular weight excluding hydrogens is 366 g/mol. The topological polar surface area (TPSA) is 90.3 Å². The number of hydrogen-bond donors (Lipinski definition) is 1. The number of benzene rings is 2. The van der Waals surface area contributed by atoms with Gasteiger partial charge in [0.05, 0.1) is 23.3 Å². The smallest absolute Gasteiger partial charge is 0.337 e. The second-order valence-corrected chi connectivity index (χ2v) is 7.55. The number of methoxy groups -OCH3 is 1. The van der Waals surface area contributed by atoms with Gasteiger partial charge in [0.25, 0.3) is 0 Å². The van der Waals surface area contributed by atoms with E-state index < -0.39 is 16.0 Å². The van der Waals surface area contributed by atoms with Crippen LogP contribution >= 0.6 is 0 Å². The third-order valence-corrected chi connectivity index (χ3v) is 5.44. The highest BCUT2D eigenvalue weighted by atomic mass is 32.2. The molecule has 0 fully saturated rings. The number of nitrogens with zero attached hydrogens (tertiary/aromatic N) is 2. The van der Waals surface area contributed by atoms with E-state index in [0.29, 0.717) is 6.42 Å². The molecule has 0 atom stereocenters. The largest absolute Gasteiger partial charge is 0.465 e. The standard InChI is InChI=1S/C19H19N3O4S/c1-26-19(23)16-4-2-5-18(14-16)27(24,25)21-12-10-15-6-8-17(9-7-15)22-13-3-11-20-22/h2-9,11,13-14,21H,10,12H2,1H3. The molecule has 7 nitrogen and oxygen atoms in total. The Hall–Kier alpha value is -2.97. The highest BCUT2D eigenvalue weighted by molar-refractivity contribution is 7.89. The first-order valence-corrected chi connectivity index (χ1v) is 9.75. The van der Waals surface area contributed by atoms with Crippen LogP contribution in [0.1, 0.15) is 15.9 Å². The first-order chi connectivity index (χ1) is 13.0. The van der Waals surface area contributed by atoms with E-state index in [1.54, 1.807) is 10.9 Å². The Morgan fingerprint density at radius 2 is 1.93 bits per heavy atom. The lowest BCUT2D eigenvalue weighted by Crippen LogP contribution is -2.26. The summed E-state index contributed by atoms with van der Waals surface area (Å²) in [5.41, 5.74) is 2.12. The van der Waals surface area contributed by atoms with Crippen molar-refractivity contribution in [3.05, 3.63) is 78.1 Å². The molecule has 0 unspecified atom stereocenters. The van der Waals surface area contributed by atoms with Crippen molar-refractivity contribution in [2.75, 3.05) is 13.7 Å². The number of ether oxygens (including phenoxy) is 1. The molecule has 0 bridgehead atoms. The van der Waals surface area contributed by atoms with Gasteiger partial charge in [-0.1, -0.05) is 18.2 Å². The van der Waals surface area contributed by atoms with Crippen LogP contribution < -0.4 is 4.72 Å². The summed E-state index contributed by atoms with van der Waals surface area (Å²) in [6.45, 7) is 0.242. The summed E-state index contributed by atoms with van der Waals surface area (Å²) in [6, 6.07) is 15.3. The van der Waals surface area contributed by atoms with E-state index in [1.165, 1.54) is 31.4 Å². The number of carbonyl (C=O) groups is 1. The normalized spacial score (nSPS) is 11.3. The lowest BCUT2D eigenvalue weighted by molar-refractivity contribution is 0.0600. The molecular formula is C19H19N3O4S. The minimum atomic E-state index is -3.71. The predicted octanol–water partition coefficient (Wildman–Crippen LogP) is 2.18. The van der Waals surface area contributed by atoms with Crippen LogP contribution in [0.2, 0.25) is 0 Å². The highest BCUT2D eigenvalue weighted by Crippen LogP contribution is 2.13. The zero-order valence-corrected chi connectivity index (χ0v) is 15.5. The van der Waals surface area contributed by atoms with Crippen LogP contribution in [0.4, 0.5) is 0 Å². The number of nitrogens with one attached hydrogen (secondary N) is 1. The molecule has 1 heterocycles. The Morgan fingerprint density at radius 3 is 2.59 bits per heavy atom. The molecule has 0 saturated heterocycles. The number of aromatic nitrogens is 2. The quantitative estimate of drug-likeness (QED) is 0.630. The molecule has 2 aromatic carbocycles. The van der Waals surface area contributed by atoms with Crippen molar-refractivity contribution in [2.45, 2.75) is 11.3 Å². The van der Waals surface area contributed by atoms with E-state index in [4.69, 9.17) is 0 Å². The summed E-state index contributed by atoms with van der Waals surface area (Å²) in [5, 5.41) is 4.16. The number of rotatable bonds is 7. The molecule has 0 aliphatic carbocycles. The SMILES string of the molecule is COC(=O)c1cccc(S(=O)(=O)NCCc2ccc(-n3cccn3)cc2)c1. The molecule has 3 rings (SSSR count). The second kappa shape index (κ2) is 8.15. The van der Waals surface area contributed by atoms with Crippen molar-refractivity contribution in [1.82, 2.24) is 14.5 Å². The Balaban J connectivity index is 1.62. The average Bonchev–Trinajstić information content (AvgIpc) is 3.23. The zero-order chi connectivity index (χ0) is 19.3. The van der Waals surface area contributed by atoms with Crippen LogP contribution in [0.25, 0.3) is 5.69 Å². The summed E-state index contributed by atoms with van der Waals surface area (Å²) in [5.74, 6) is -0.579. The molecule has 0 spiro atoms. The molecule has 140 valence electrons. The number of hydrogen-bond acceptors (Lipinski definition) is 5. The Labute approximate surface area is 157 Å². The maximum atomic E-state index is 12.4. The van der Waals surface area contributed by atoms with E-state index >= 15 is 0 Å². The first-order valence-electron chi connectivity index (χ1n) is 8.26. The van der Waals surface area contributed by atoms with Crippen LogP contribution in [-0.4, -0.2) is 37.8 Å². The third-order valence-electron chi connectivity index (χ3n) is 3.98. The lowest BCUT2D eigenvalue weighted by Gasteiger charge is -2.09. The summed E-state index contributed by atoms with van der Waals surface area (Å²) >= 11 is 0. The van der Waals surface area contributed by atoms with Crippen LogP contribution in [0, 0.1) is 0 Å². The van der Waals surface area contributed by atoms with Gasteiger partial charge in [-0.25, -0.2) is 22.6 Å². The van der Waals surface area contributed by atoms with Crippen LogP contribution in [0.3, 0.4) is 0 Å². The summed E-state index contributed by atoms with van der Waals surface area (Å²) in [6.07, 6.45) is 4.10. The summed E-state index contributed by atoms with van der Waals surface area (Å²) in [4.78, 5) is 11.6. The van der Waals surface area contributed by atoms with Gasteiger partial charge in [-0.05, 0) is 48.4 Å². The third kappa shape index (κ3) is 4.60. The van der Waals surface area contributed by atoms with E-state index in [0.717, 1.165) is 11.3 Å². The molecule has 1 aromatic heterocycles. The fourth-order valence-corrected chi connectivity index (χ4v) is 3.64. The van der Waals surface area contributed by atoms with Gasteiger partial charge in [-0.2, -0.15) is 5.10 Å². The van der Waals surface area contributed by atoms with E-state index in [-0.39, 0.29) is 17.0 Å². The summed E-state index contributed by atoms with van der Waals surface area (Å²) in [7, 11) is -2.46. The predicted molar refractivity (Wildman–Crippen MR) is 100 cm³/mol. The molecule has 8 heteroatoms. The van der Waals surface area contributed by atoms with Gasteiger partial charge >= 0.3 is 5.97 Å². The van der Waals surface area contributed by atoms with Crippen LogP contribution in [0.5, 0.6) is 0 Å². The monoisotopic (exact) mass is 385 g/mol. The van der Waals surface area contributed by atoms with Gasteiger partial charge in [-0.15, -0.1) is 0 Å².